The first-order chi connectivity index (χ1) is 8.74. The Bertz CT molecular complexity index is 531. The lowest BCUT2D eigenvalue weighted by molar-refractivity contribution is 0.103. The molecule has 94 valence electrons. The maximum atomic E-state index is 12.1. The Balaban J connectivity index is 2.17. The summed E-state index contributed by atoms with van der Waals surface area (Å²) < 4.78 is 0. The van der Waals surface area contributed by atoms with Gasteiger partial charge in [0, 0.05) is 17.5 Å². The lowest BCUT2D eigenvalue weighted by Crippen LogP contribution is -2.03. The van der Waals surface area contributed by atoms with E-state index < -0.39 is 0 Å². The second-order valence-electron chi connectivity index (χ2n) is 4.11. The van der Waals surface area contributed by atoms with Gasteiger partial charge >= 0.3 is 0 Å². The van der Waals surface area contributed by atoms with Crippen LogP contribution in [0.2, 0.25) is 0 Å². The Morgan fingerprint density at radius 3 is 2.61 bits per heavy atom. The van der Waals surface area contributed by atoms with Crippen LogP contribution in [0, 0.1) is 0 Å². The third-order valence-corrected chi connectivity index (χ3v) is 3.58. The van der Waals surface area contributed by atoms with E-state index in [2.05, 4.69) is 11.9 Å². The fraction of sp³-hybridized carbons (Fsp3) is 0.286. The number of hydrogen-bond donors (Lipinski definition) is 1. The van der Waals surface area contributed by atoms with Crippen molar-refractivity contribution in [3.63, 3.8) is 0 Å². The number of nitrogens with zero attached hydrogens (tertiary/aromatic N) is 1. The predicted molar refractivity (Wildman–Crippen MR) is 73.9 cm³/mol. The monoisotopic (exact) mass is 260 g/mol. The van der Waals surface area contributed by atoms with Gasteiger partial charge in [0.1, 0.15) is 10.7 Å². The van der Waals surface area contributed by atoms with E-state index in [0.29, 0.717) is 17.8 Å². The smallest absolute Gasteiger partial charge is 0.212 e. The lowest BCUT2D eigenvalue weighted by atomic mass is 10.0. The zero-order valence-corrected chi connectivity index (χ0v) is 11.2. The molecule has 0 unspecified atom stereocenters. The van der Waals surface area contributed by atoms with Crippen LogP contribution in [0.1, 0.15) is 40.0 Å². The van der Waals surface area contributed by atoms with Crippen molar-refractivity contribution in [2.45, 2.75) is 26.3 Å². The summed E-state index contributed by atoms with van der Waals surface area (Å²) in [5.74, 6) is -0.0333. The number of rotatable bonds is 5. The Kier molecular flexibility index (Phi) is 4.23. The quantitative estimate of drug-likeness (QED) is 0.841. The highest BCUT2D eigenvalue weighted by Crippen LogP contribution is 2.15. The molecule has 0 spiro atoms. The third kappa shape index (κ3) is 2.83. The number of ketones is 1. The molecule has 2 N–H and O–H groups in total. The van der Waals surface area contributed by atoms with E-state index in [-0.39, 0.29) is 5.78 Å². The summed E-state index contributed by atoms with van der Waals surface area (Å²) in [7, 11) is 0. The first kappa shape index (κ1) is 12.9. The van der Waals surface area contributed by atoms with Crippen LogP contribution in [0.3, 0.4) is 0 Å². The molecule has 0 radical (unpaired) electrons. The predicted octanol–water partition coefficient (Wildman–Crippen LogP) is 2.79. The summed E-state index contributed by atoms with van der Waals surface area (Å²) >= 11 is 1.43. The van der Waals surface area contributed by atoms with Crippen molar-refractivity contribution in [1.29, 1.82) is 0 Å². The molecule has 0 fully saturated rings. The highest BCUT2D eigenvalue weighted by atomic mass is 32.1. The summed E-state index contributed by atoms with van der Waals surface area (Å²) in [6, 6.07) is 7.75. The van der Waals surface area contributed by atoms with Crippen molar-refractivity contribution in [2.75, 3.05) is 0 Å². The molecular formula is C14H16N2OS. The van der Waals surface area contributed by atoms with Crippen LogP contribution in [0.4, 0.5) is 0 Å². The maximum Gasteiger partial charge on any atom is 0.212 e. The van der Waals surface area contributed by atoms with E-state index in [9.17, 15) is 4.79 Å². The van der Waals surface area contributed by atoms with Gasteiger partial charge in [-0.05, 0) is 12.0 Å². The molecule has 3 nitrogen and oxygen atoms in total. The number of benzene rings is 1. The molecule has 0 saturated heterocycles. The molecule has 0 aliphatic heterocycles. The number of hydrogen-bond acceptors (Lipinski definition) is 4. The fourth-order valence-corrected chi connectivity index (χ4v) is 2.42. The number of nitrogens with two attached hydrogens (primary N) is 1. The van der Waals surface area contributed by atoms with Crippen molar-refractivity contribution in [3.05, 3.63) is 51.5 Å². The topological polar surface area (TPSA) is 56.0 Å². The van der Waals surface area contributed by atoms with Gasteiger partial charge in [0.2, 0.25) is 5.78 Å². The van der Waals surface area contributed by atoms with Crippen LogP contribution < -0.4 is 5.73 Å². The van der Waals surface area contributed by atoms with Crippen molar-refractivity contribution in [1.82, 2.24) is 4.98 Å². The second kappa shape index (κ2) is 5.89. The highest BCUT2D eigenvalue weighted by molar-refractivity contribution is 7.09. The summed E-state index contributed by atoms with van der Waals surface area (Å²) in [6.45, 7) is 2.52. The minimum absolute atomic E-state index is 0.0333. The standard InChI is InChI=1S/C14H16N2OS/c1-2-3-10-4-6-11(7-5-10)14(17)12-9-18-13(8-15)16-12/h4-7,9H,2-3,8,15H2,1H3. The molecule has 1 heterocycles. The Hall–Kier alpha value is -1.52. The Morgan fingerprint density at radius 1 is 1.33 bits per heavy atom. The Labute approximate surface area is 111 Å². The Morgan fingerprint density at radius 2 is 2.06 bits per heavy atom. The van der Waals surface area contributed by atoms with Crippen LogP contribution in [-0.2, 0) is 13.0 Å². The molecule has 2 aromatic rings. The van der Waals surface area contributed by atoms with Crippen LogP contribution in [0.15, 0.2) is 29.6 Å². The maximum absolute atomic E-state index is 12.1. The molecule has 0 atom stereocenters. The van der Waals surface area contributed by atoms with Gasteiger partial charge in [-0.2, -0.15) is 0 Å². The highest BCUT2D eigenvalue weighted by Gasteiger charge is 2.12. The van der Waals surface area contributed by atoms with Crippen LogP contribution in [0.5, 0.6) is 0 Å². The molecule has 0 aliphatic carbocycles. The zero-order valence-electron chi connectivity index (χ0n) is 10.3. The van der Waals surface area contributed by atoms with Gasteiger partial charge in [0.05, 0.1) is 0 Å². The van der Waals surface area contributed by atoms with Gasteiger partial charge in [0.25, 0.3) is 0 Å². The van der Waals surface area contributed by atoms with E-state index in [1.54, 1.807) is 5.38 Å². The van der Waals surface area contributed by atoms with Gasteiger partial charge in [-0.3, -0.25) is 4.79 Å². The van der Waals surface area contributed by atoms with E-state index in [4.69, 9.17) is 5.73 Å². The number of carbonyl (C=O) groups excluding carboxylic acids is 1. The summed E-state index contributed by atoms with van der Waals surface area (Å²) in [6.07, 6.45) is 2.15. The van der Waals surface area contributed by atoms with Crippen LogP contribution in [-0.4, -0.2) is 10.8 Å². The first-order valence-corrected chi connectivity index (χ1v) is 6.90. The van der Waals surface area contributed by atoms with E-state index >= 15 is 0 Å². The number of aryl methyl sites for hydroxylation is 1. The van der Waals surface area contributed by atoms with Crippen LogP contribution >= 0.6 is 11.3 Å². The normalized spacial score (nSPS) is 10.6. The molecule has 0 aliphatic rings. The van der Waals surface area contributed by atoms with Gasteiger partial charge in [0.15, 0.2) is 0 Å². The average molecular weight is 260 g/mol. The molecule has 4 heteroatoms. The second-order valence-corrected chi connectivity index (χ2v) is 5.05. The molecule has 1 aromatic heterocycles. The van der Waals surface area contributed by atoms with Crippen molar-refractivity contribution < 1.29 is 4.79 Å². The van der Waals surface area contributed by atoms with Crippen LogP contribution in [0.25, 0.3) is 0 Å². The first-order valence-electron chi connectivity index (χ1n) is 6.02. The van der Waals surface area contributed by atoms with Crippen molar-refractivity contribution >= 4 is 17.1 Å². The van der Waals surface area contributed by atoms with Gasteiger partial charge in [-0.25, -0.2) is 4.98 Å². The molecule has 0 amide bonds. The minimum atomic E-state index is -0.0333. The molecule has 0 saturated carbocycles. The zero-order chi connectivity index (χ0) is 13.0. The summed E-state index contributed by atoms with van der Waals surface area (Å²) in [5, 5.41) is 2.56. The van der Waals surface area contributed by atoms with E-state index in [1.165, 1.54) is 16.9 Å². The van der Waals surface area contributed by atoms with Gasteiger partial charge in [-0.15, -0.1) is 11.3 Å². The molecule has 18 heavy (non-hydrogen) atoms. The number of carbonyl (C=O) groups is 1. The minimum Gasteiger partial charge on any atom is -0.325 e. The van der Waals surface area contributed by atoms with Gasteiger partial charge in [-0.1, -0.05) is 37.6 Å². The SMILES string of the molecule is CCCc1ccc(C(=O)c2csc(CN)n2)cc1. The molecule has 0 bridgehead atoms. The molecular weight excluding hydrogens is 244 g/mol. The summed E-state index contributed by atoms with van der Waals surface area (Å²) in [5.41, 5.74) is 7.92. The number of thiazole rings is 1. The largest absolute Gasteiger partial charge is 0.325 e. The van der Waals surface area contributed by atoms with Crippen molar-refractivity contribution in [2.24, 2.45) is 5.73 Å². The van der Waals surface area contributed by atoms with E-state index in [1.807, 2.05) is 24.3 Å². The van der Waals surface area contributed by atoms with Crippen molar-refractivity contribution in [3.8, 4) is 0 Å². The van der Waals surface area contributed by atoms with Gasteiger partial charge < -0.3 is 5.73 Å². The average Bonchev–Trinajstić information content (AvgIpc) is 2.88. The van der Waals surface area contributed by atoms with E-state index in [0.717, 1.165) is 17.8 Å². The fourth-order valence-electron chi connectivity index (χ4n) is 1.77. The summed E-state index contributed by atoms with van der Waals surface area (Å²) in [4.78, 5) is 16.4. The lowest BCUT2D eigenvalue weighted by Gasteiger charge is -2.01. The third-order valence-electron chi connectivity index (χ3n) is 2.71. The number of aromatic nitrogens is 1. The molecule has 1 aromatic carbocycles. The molecule has 2 rings (SSSR count).